The minimum atomic E-state index is -1.65. The van der Waals surface area contributed by atoms with Crippen molar-refractivity contribution >= 4 is 34.9 Å². The number of carbonyl (C=O) groups is 3. The molecular weight excluding hydrogens is 475 g/mol. The number of nitrogens with one attached hydrogen (secondary N) is 1. The van der Waals surface area contributed by atoms with Crippen molar-refractivity contribution in [1.29, 1.82) is 0 Å². The number of barbiturate groups is 1. The van der Waals surface area contributed by atoms with Gasteiger partial charge in [0.25, 0.3) is 5.91 Å². The molecule has 1 N–H and O–H groups in total. The maximum absolute atomic E-state index is 15.2. The average molecular weight is 501 g/mol. The number of para-hydroxylation sites is 4. The van der Waals surface area contributed by atoms with Gasteiger partial charge >= 0.3 is 6.03 Å². The number of anilines is 3. The van der Waals surface area contributed by atoms with Gasteiger partial charge in [0.05, 0.1) is 30.2 Å². The monoisotopic (exact) mass is 500 g/mol. The third-order valence-electron chi connectivity index (χ3n) is 7.63. The molecule has 2 fully saturated rings. The van der Waals surface area contributed by atoms with Crippen LogP contribution in [0.2, 0.25) is 0 Å². The van der Waals surface area contributed by atoms with Gasteiger partial charge in [-0.05, 0) is 35.9 Å². The first kappa shape index (κ1) is 23.0. The first-order valence-electron chi connectivity index (χ1n) is 12.1. The lowest BCUT2D eigenvalue weighted by molar-refractivity contribution is -0.144. The molecule has 4 amide bonds. The first-order valence-corrected chi connectivity index (χ1v) is 12.1. The van der Waals surface area contributed by atoms with E-state index in [4.69, 9.17) is 4.74 Å². The van der Waals surface area contributed by atoms with Gasteiger partial charge < -0.3 is 14.5 Å². The van der Waals surface area contributed by atoms with E-state index in [2.05, 4.69) is 10.2 Å². The highest BCUT2D eigenvalue weighted by Crippen LogP contribution is 2.48. The summed E-state index contributed by atoms with van der Waals surface area (Å²) < 4.78 is 20.8. The lowest BCUT2D eigenvalue weighted by Crippen LogP contribution is -2.75. The summed E-state index contributed by atoms with van der Waals surface area (Å²) in [7, 11) is 1.59. The number of halogens is 1. The first-order chi connectivity index (χ1) is 18.0. The molecule has 9 heteroatoms. The van der Waals surface area contributed by atoms with Crippen LogP contribution in [-0.2, 0) is 16.0 Å². The van der Waals surface area contributed by atoms with Crippen LogP contribution in [-0.4, -0.2) is 50.6 Å². The molecule has 0 aliphatic carbocycles. The van der Waals surface area contributed by atoms with Gasteiger partial charge in [-0.25, -0.2) is 14.1 Å². The molecule has 2 atom stereocenters. The summed E-state index contributed by atoms with van der Waals surface area (Å²) in [5.41, 5.74) is 0.504. The molecule has 0 bridgehead atoms. The molecule has 3 aromatic carbocycles. The number of methoxy groups -OCH3 is 1. The minimum absolute atomic E-state index is 0.0255. The zero-order valence-corrected chi connectivity index (χ0v) is 20.2. The van der Waals surface area contributed by atoms with Crippen molar-refractivity contribution in [3.63, 3.8) is 0 Å². The molecule has 3 heterocycles. The number of amides is 4. The number of imide groups is 2. The SMILES string of the molecule is COc1ccccc1N1CCN2c3c(F)cccc3C[C@]3(C(=O)NC(=O)N(c4ccccc4)C3=O)[C@@H]2C1. The predicted molar refractivity (Wildman–Crippen MR) is 136 cm³/mol. The Morgan fingerprint density at radius 3 is 2.49 bits per heavy atom. The second-order valence-electron chi connectivity index (χ2n) is 9.46. The van der Waals surface area contributed by atoms with Gasteiger partial charge in [0.15, 0.2) is 5.41 Å². The van der Waals surface area contributed by atoms with Gasteiger partial charge in [0.1, 0.15) is 11.6 Å². The smallest absolute Gasteiger partial charge is 0.335 e. The van der Waals surface area contributed by atoms with Gasteiger partial charge in [-0.2, -0.15) is 0 Å². The standard InChI is InChI=1S/C28H25FN4O4/c1-37-22-13-6-5-12-21(22)31-14-15-32-23(17-31)28(16-18-8-7-11-20(29)24(18)32)25(34)30-27(36)33(26(28)35)19-9-3-2-4-10-19/h2-13,23H,14-17H2,1H3,(H,30,34,36)/t23-,28+/m0/s1. The number of urea groups is 1. The van der Waals surface area contributed by atoms with Gasteiger partial charge in [-0.1, -0.05) is 42.5 Å². The molecule has 0 aromatic heterocycles. The predicted octanol–water partition coefficient (Wildman–Crippen LogP) is 3.36. The number of hydrogen-bond donors (Lipinski definition) is 1. The zero-order valence-electron chi connectivity index (χ0n) is 20.2. The number of fused-ring (bicyclic) bond motifs is 4. The lowest BCUT2D eigenvalue weighted by atomic mass is 9.67. The van der Waals surface area contributed by atoms with E-state index in [0.29, 0.717) is 35.8 Å². The quantitative estimate of drug-likeness (QED) is 0.556. The van der Waals surface area contributed by atoms with Crippen LogP contribution in [0.5, 0.6) is 5.75 Å². The Bertz CT molecular complexity index is 1410. The number of ether oxygens (including phenoxy) is 1. The molecule has 6 rings (SSSR count). The topological polar surface area (TPSA) is 82.2 Å². The van der Waals surface area contributed by atoms with E-state index in [1.165, 1.54) is 6.07 Å². The molecule has 0 saturated carbocycles. The van der Waals surface area contributed by atoms with E-state index in [0.717, 1.165) is 10.6 Å². The number of nitrogens with zero attached hydrogens (tertiary/aromatic N) is 3. The molecule has 2 saturated heterocycles. The van der Waals surface area contributed by atoms with E-state index in [1.54, 1.807) is 49.6 Å². The highest BCUT2D eigenvalue weighted by molar-refractivity contribution is 6.30. The normalized spacial score (nSPS) is 23.0. The van der Waals surface area contributed by atoms with Crippen molar-refractivity contribution in [2.45, 2.75) is 12.5 Å². The van der Waals surface area contributed by atoms with Gasteiger partial charge in [-0.3, -0.25) is 14.9 Å². The highest BCUT2D eigenvalue weighted by Gasteiger charge is 2.63. The third kappa shape index (κ3) is 3.37. The molecule has 0 unspecified atom stereocenters. The summed E-state index contributed by atoms with van der Waals surface area (Å²) in [6, 6.07) is 19.2. The van der Waals surface area contributed by atoms with E-state index in [-0.39, 0.29) is 13.0 Å². The fourth-order valence-corrected chi connectivity index (χ4v) is 5.94. The van der Waals surface area contributed by atoms with Crippen LogP contribution in [0.25, 0.3) is 0 Å². The largest absolute Gasteiger partial charge is 0.495 e. The van der Waals surface area contributed by atoms with Crippen LogP contribution in [0.3, 0.4) is 0 Å². The molecule has 37 heavy (non-hydrogen) atoms. The summed E-state index contributed by atoms with van der Waals surface area (Å²) in [5.74, 6) is -1.02. The van der Waals surface area contributed by atoms with Crippen LogP contribution < -0.4 is 24.8 Å². The maximum Gasteiger partial charge on any atom is 0.335 e. The van der Waals surface area contributed by atoms with Crippen LogP contribution in [0.1, 0.15) is 5.56 Å². The van der Waals surface area contributed by atoms with Crippen LogP contribution in [0.15, 0.2) is 72.8 Å². The summed E-state index contributed by atoms with van der Waals surface area (Å²) in [6.07, 6.45) is -0.0255. The van der Waals surface area contributed by atoms with Crippen molar-refractivity contribution in [2.75, 3.05) is 41.4 Å². The second kappa shape index (κ2) is 8.62. The van der Waals surface area contributed by atoms with Gasteiger partial charge in [-0.15, -0.1) is 0 Å². The van der Waals surface area contributed by atoms with E-state index in [1.807, 2.05) is 29.2 Å². The van der Waals surface area contributed by atoms with Gasteiger partial charge in [0.2, 0.25) is 5.91 Å². The van der Waals surface area contributed by atoms with Crippen LogP contribution in [0, 0.1) is 11.2 Å². The van der Waals surface area contributed by atoms with Crippen molar-refractivity contribution in [2.24, 2.45) is 5.41 Å². The maximum atomic E-state index is 15.2. The number of benzene rings is 3. The van der Waals surface area contributed by atoms with E-state index in [9.17, 15) is 14.4 Å². The highest BCUT2D eigenvalue weighted by atomic mass is 19.1. The Kier molecular flexibility index (Phi) is 5.36. The Morgan fingerprint density at radius 1 is 0.946 bits per heavy atom. The van der Waals surface area contributed by atoms with Crippen molar-refractivity contribution in [3.05, 3.63) is 84.2 Å². The number of rotatable bonds is 3. The van der Waals surface area contributed by atoms with Crippen molar-refractivity contribution < 1.29 is 23.5 Å². The molecule has 0 radical (unpaired) electrons. The molecular formula is C28H25FN4O4. The lowest BCUT2D eigenvalue weighted by Gasteiger charge is -2.55. The summed E-state index contributed by atoms with van der Waals surface area (Å²) in [5, 5.41) is 2.44. The zero-order chi connectivity index (χ0) is 25.7. The average Bonchev–Trinajstić information content (AvgIpc) is 2.92. The summed E-state index contributed by atoms with van der Waals surface area (Å²) in [4.78, 5) is 45.9. The van der Waals surface area contributed by atoms with Crippen molar-refractivity contribution in [3.8, 4) is 5.75 Å². The fourth-order valence-electron chi connectivity index (χ4n) is 5.94. The second-order valence-corrected chi connectivity index (χ2v) is 9.46. The third-order valence-corrected chi connectivity index (χ3v) is 7.63. The van der Waals surface area contributed by atoms with Crippen LogP contribution >= 0.6 is 0 Å². The number of piperazine rings is 1. The number of carbonyl (C=O) groups excluding carboxylic acids is 3. The van der Waals surface area contributed by atoms with Crippen molar-refractivity contribution in [1.82, 2.24) is 5.32 Å². The van der Waals surface area contributed by atoms with E-state index >= 15 is 4.39 Å². The molecule has 3 aliphatic rings. The Hall–Kier alpha value is -4.40. The Morgan fingerprint density at radius 2 is 1.70 bits per heavy atom. The molecule has 188 valence electrons. The Balaban J connectivity index is 1.51. The minimum Gasteiger partial charge on any atom is -0.495 e. The molecule has 3 aliphatic heterocycles. The van der Waals surface area contributed by atoms with Gasteiger partial charge in [0, 0.05) is 26.1 Å². The van der Waals surface area contributed by atoms with Crippen LogP contribution in [0.4, 0.5) is 26.2 Å². The summed E-state index contributed by atoms with van der Waals surface area (Å²) in [6.45, 7) is 1.15. The molecule has 8 nitrogen and oxygen atoms in total. The summed E-state index contributed by atoms with van der Waals surface area (Å²) >= 11 is 0. The Labute approximate surface area is 213 Å². The molecule has 3 aromatic rings. The molecule has 1 spiro atoms. The fraction of sp³-hybridized carbons (Fsp3) is 0.250. The van der Waals surface area contributed by atoms with E-state index < -0.39 is 35.1 Å². The number of hydrogen-bond acceptors (Lipinski definition) is 6.